The first kappa shape index (κ1) is 35.6. The molecule has 2 aliphatic rings. The molecule has 268 valence electrons. The molecule has 2 saturated heterocycles. The van der Waals surface area contributed by atoms with E-state index in [1.165, 1.54) is 7.11 Å². The molecule has 0 bridgehead atoms. The normalized spacial score (nSPS) is 19.1. The van der Waals surface area contributed by atoms with Gasteiger partial charge in [0, 0.05) is 31.3 Å². The lowest BCUT2D eigenvalue weighted by Crippen LogP contribution is -2.51. The van der Waals surface area contributed by atoms with Gasteiger partial charge in [-0.3, -0.25) is 9.59 Å². The largest absolute Gasteiger partial charge is 0.453 e. The molecule has 0 saturated carbocycles. The van der Waals surface area contributed by atoms with Gasteiger partial charge in [-0.05, 0) is 74.4 Å². The van der Waals surface area contributed by atoms with Gasteiger partial charge in [0.25, 0.3) is 0 Å². The lowest BCUT2D eigenvalue weighted by molar-refractivity contribution is -0.137. The number of rotatable bonds is 9. The van der Waals surface area contributed by atoms with E-state index in [0.717, 1.165) is 70.7 Å². The highest BCUT2D eigenvalue weighted by molar-refractivity contribution is 5.87. The number of likely N-dealkylation sites (tertiary alicyclic amines) is 2. The second-order valence-electron chi connectivity index (χ2n) is 13.6. The third kappa shape index (κ3) is 7.62. The molecule has 5 atom stereocenters. The molecule has 2 fully saturated rings. The number of benzene rings is 2. The minimum absolute atomic E-state index is 0.105. The van der Waals surface area contributed by atoms with Gasteiger partial charge in [-0.25, -0.2) is 14.8 Å². The van der Waals surface area contributed by atoms with Crippen LogP contribution < -0.4 is 11.1 Å². The molecule has 0 unspecified atom stereocenters. The van der Waals surface area contributed by atoms with Crippen LogP contribution in [0.15, 0.2) is 48.7 Å². The van der Waals surface area contributed by atoms with Crippen molar-refractivity contribution in [1.29, 1.82) is 0 Å². The predicted octanol–water partition coefficient (Wildman–Crippen LogP) is 4.42. The van der Waals surface area contributed by atoms with Gasteiger partial charge in [-0.15, -0.1) is 0 Å². The number of imidazole rings is 2. The van der Waals surface area contributed by atoms with Crippen LogP contribution in [0.2, 0.25) is 0 Å². The molecular weight excluding hydrogens is 648 g/mol. The number of nitrogens with one attached hydrogen (secondary N) is 3. The second kappa shape index (κ2) is 15.4. The Kier molecular flexibility index (Phi) is 10.7. The zero-order chi connectivity index (χ0) is 36.2. The highest BCUT2D eigenvalue weighted by Gasteiger charge is 2.38. The fourth-order valence-corrected chi connectivity index (χ4v) is 6.84. The minimum atomic E-state index is -0.723. The minimum Gasteiger partial charge on any atom is -0.453 e. The van der Waals surface area contributed by atoms with Crippen molar-refractivity contribution in [2.75, 3.05) is 27.3 Å². The van der Waals surface area contributed by atoms with Gasteiger partial charge in [-0.1, -0.05) is 37.8 Å². The van der Waals surface area contributed by atoms with Crippen LogP contribution in [0.25, 0.3) is 22.3 Å². The fourth-order valence-electron chi connectivity index (χ4n) is 6.84. The predicted molar refractivity (Wildman–Crippen MR) is 192 cm³/mol. The third-order valence-electron chi connectivity index (χ3n) is 9.90. The monoisotopic (exact) mass is 694 g/mol. The summed E-state index contributed by atoms with van der Waals surface area (Å²) in [5.74, 6) is 7.60. The van der Waals surface area contributed by atoms with Crippen molar-refractivity contribution >= 4 is 28.9 Å². The van der Waals surface area contributed by atoms with Crippen molar-refractivity contribution < 1.29 is 23.9 Å². The van der Waals surface area contributed by atoms with E-state index >= 15 is 0 Å². The maximum absolute atomic E-state index is 13.5. The summed E-state index contributed by atoms with van der Waals surface area (Å²) in [6, 6.07) is 12.0. The molecule has 2 aliphatic heterocycles. The van der Waals surface area contributed by atoms with Crippen molar-refractivity contribution in [2.24, 2.45) is 11.7 Å². The van der Waals surface area contributed by atoms with Crippen molar-refractivity contribution in [2.45, 2.75) is 76.7 Å². The summed E-state index contributed by atoms with van der Waals surface area (Å²) >= 11 is 0. The van der Waals surface area contributed by atoms with Gasteiger partial charge in [0.15, 0.2) is 0 Å². The Labute approximate surface area is 297 Å². The summed E-state index contributed by atoms with van der Waals surface area (Å²) in [5, 5.41) is 2.69. The Bertz CT molecular complexity index is 1940. The maximum Gasteiger partial charge on any atom is 0.407 e. The van der Waals surface area contributed by atoms with Gasteiger partial charge in [0.2, 0.25) is 11.8 Å². The zero-order valence-corrected chi connectivity index (χ0v) is 29.7. The van der Waals surface area contributed by atoms with Crippen LogP contribution in [0.3, 0.4) is 0 Å². The number of ether oxygens (including phenoxy) is 2. The average Bonchev–Trinajstić information content (AvgIpc) is 3.97. The van der Waals surface area contributed by atoms with Crippen LogP contribution in [-0.2, 0) is 19.1 Å². The lowest BCUT2D eigenvalue weighted by Gasteiger charge is -2.29. The van der Waals surface area contributed by atoms with Crippen LogP contribution in [0.4, 0.5) is 4.79 Å². The number of nitrogens with two attached hydrogens (primary N) is 1. The topological polar surface area (TPSA) is 172 Å². The van der Waals surface area contributed by atoms with Crippen LogP contribution in [0.5, 0.6) is 0 Å². The van der Waals surface area contributed by atoms with E-state index in [4.69, 9.17) is 20.2 Å². The highest BCUT2D eigenvalue weighted by atomic mass is 16.5. The summed E-state index contributed by atoms with van der Waals surface area (Å²) in [6.45, 7) is 6.83. The van der Waals surface area contributed by atoms with Gasteiger partial charge >= 0.3 is 6.09 Å². The van der Waals surface area contributed by atoms with Gasteiger partial charge in [0.05, 0.1) is 48.2 Å². The number of nitrogens with zero attached hydrogens (tertiary/aromatic N) is 4. The number of amides is 3. The number of hydrogen-bond acceptors (Lipinski definition) is 8. The molecule has 3 amide bonds. The number of carbonyl (C=O) groups is 3. The summed E-state index contributed by atoms with van der Waals surface area (Å²) in [7, 11) is 2.84. The number of methoxy groups -OCH3 is 2. The van der Waals surface area contributed by atoms with E-state index < -0.39 is 18.2 Å². The van der Waals surface area contributed by atoms with Gasteiger partial charge in [-0.2, -0.15) is 0 Å². The molecule has 6 rings (SSSR count). The molecule has 0 aliphatic carbocycles. The number of H-pyrrole nitrogens is 2. The summed E-state index contributed by atoms with van der Waals surface area (Å²) in [4.78, 5) is 58.4. The zero-order valence-electron chi connectivity index (χ0n) is 29.7. The van der Waals surface area contributed by atoms with Crippen LogP contribution >= 0.6 is 0 Å². The molecule has 4 heterocycles. The Balaban J connectivity index is 1.12. The quantitative estimate of drug-likeness (QED) is 0.187. The Morgan fingerprint density at radius 1 is 0.902 bits per heavy atom. The van der Waals surface area contributed by atoms with Crippen molar-refractivity contribution in [3.05, 3.63) is 71.4 Å². The number of carbonyl (C=O) groups excluding carboxylic acids is 3. The highest BCUT2D eigenvalue weighted by Crippen LogP contribution is 2.34. The van der Waals surface area contributed by atoms with Gasteiger partial charge < -0.3 is 40.3 Å². The third-order valence-corrected chi connectivity index (χ3v) is 9.90. The molecule has 2 aromatic heterocycles. The van der Waals surface area contributed by atoms with Crippen molar-refractivity contribution in [3.8, 4) is 23.1 Å². The van der Waals surface area contributed by atoms with E-state index in [1.54, 1.807) is 25.1 Å². The molecule has 13 nitrogen and oxygen atoms in total. The van der Waals surface area contributed by atoms with Crippen molar-refractivity contribution in [3.63, 3.8) is 0 Å². The van der Waals surface area contributed by atoms with Crippen LogP contribution in [0, 0.1) is 17.8 Å². The molecule has 0 radical (unpaired) electrons. The molecule has 5 N–H and O–H groups in total. The Morgan fingerprint density at radius 3 is 2.22 bits per heavy atom. The first-order valence-electron chi connectivity index (χ1n) is 17.5. The number of alkyl carbamates (subject to hydrolysis) is 1. The number of fused-ring (bicyclic) bond motifs is 1. The summed E-state index contributed by atoms with van der Waals surface area (Å²) in [6.07, 6.45) is 4.13. The average molecular weight is 695 g/mol. The fraction of sp³-hybridized carbons (Fsp3) is 0.447. The van der Waals surface area contributed by atoms with E-state index in [1.807, 2.05) is 61.2 Å². The van der Waals surface area contributed by atoms with E-state index in [2.05, 4.69) is 32.1 Å². The molecule has 51 heavy (non-hydrogen) atoms. The standard InChI is InChI=1S/C38H46N8O5/c1-22(2)33(44-38(49)51-5)37(48)46-19-7-9-31(46)35-41-27-17-14-25(20-28(27)42-35)11-10-24-12-15-26(16-13-24)29-21-40-34(43-29)30-8-6-18-45(30)36(47)32(39)23(3)50-4/h12-17,20-23,30-33H,6-9,18-19,39H2,1-5H3,(H,40,43)(H,41,42)(H,44,49)/t23-,30+,31+,32+,33+/m1/s1. The van der Waals surface area contributed by atoms with E-state index in [9.17, 15) is 14.4 Å². The van der Waals surface area contributed by atoms with E-state index in [-0.39, 0.29) is 35.9 Å². The second-order valence-corrected chi connectivity index (χ2v) is 13.6. The Hall–Kier alpha value is -5.19. The molecule has 13 heteroatoms. The first-order valence-corrected chi connectivity index (χ1v) is 17.5. The van der Waals surface area contributed by atoms with Crippen molar-refractivity contribution in [1.82, 2.24) is 35.1 Å². The SMILES string of the molecule is COC(=O)N[C@H](C(=O)N1CCC[C@H]1c1nc2ccc(C#Cc3ccc(-c4cnc([C@@H]5CCCN5C(=O)[C@@H](N)[C@@H](C)OC)[nH]4)cc3)cc2[nH]1)C(C)C. The first-order chi connectivity index (χ1) is 24.6. The van der Waals surface area contributed by atoms with Crippen LogP contribution in [-0.4, -0.2) is 93.1 Å². The number of aromatic nitrogens is 4. The van der Waals surface area contributed by atoms with E-state index in [0.29, 0.717) is 13.1 Å². The number of aromatic amines is 2. The molecule has 0 spiro atoms. The molecule has 4 aromatic rings. The molecular formula is C38H46N8O5. The number of hydrogen-bond donors (Lipinski definition) is 4. The van der Waals surface area contributed by atoms with Crippen LogP contribution in [0.1, 0.15) is 81.3 Å². The lowest BCUT2D eigenvalue weighted by atomic mass is 10.0. The summed E-state index contributed by atoms with van der Waals surface area (Å²) < 4.78 is 10.0. The molecule has 2 aromatic carbocycles. The summed E-state index contributed by atoms with van der Waals surface area (Å²) in [5.41, 5.74) is 11.3. The Morgan fingerprint density at radius 2 is 1.55 bits per heavy atom. The maximum atomic E-state index is 13.5. The smallest absolute Gasteiger partial charge is 0.407 e. The van der Waals surface area contributed by atoms with Gasteiger partial charge in [0.1, 0.15) is 23.7 Å².